The number of oxazole rings is 1. The fourth-order valence-electron chi connectivity index (χ4n) is 2.56. The molecule has 0 radical (unpaired) electrons. The second-order valence-corrected chi connectivity index (χ2v) is 6.97. The maximum atomic E-state index is 11.9. The summed E-state index contributed by atoms with van der Waals surface area (Å²) in [6.07, 6.45) is 1.56. The lowest BCUT2D eigenvalue weighted by molar-refractivity contribution is 0.503. The van der Waals surface area contributed by atoms with Crippen LogP contribution in [-0.2, 0) is 16.4 Å². The highest BCUT2D eigenvalue weighted by atomic mass is 32.2. The van der Waals surface area contributed by atoms with Crippen LogP contribution < -0.4 is 5.14 Å². The monoisotopic (exact) mass is 342 g/mol. The molecule has 0 aliphatic carbocycles. The Bertz CT molecular complexity index is 947. The van der Waals surface area contributed by atoms with Gasteiger partial charge in [-0.2, -0.15) is 0 Å². The molecule has 0 saturated carbocycles. The topological polar surface area (TPSA) is 86.2 Å². The molecule has 0 fully saturated rings. The molecule has 2 N–H and O–H groups in total. The van der Waals surface area contributed by atoms with Crippen LogP contribution in [0.15, 0.2) is 63.9 Å². The Morgan fingerprint density at radius 2 is 1.71 bits per heavy atom. The molecule has 6 heteroatoms. The van der Waals surface area contributed by atoms with Gasteiger partial charge < -0.3 is 4.42 Å². The SMILES string of the molecule is CCCc1nc(-c2ccccc2S(N)(=O)=O)c(-c2ccccc2)o1. The van der Waals surface area contributed by atoms with E-state index >= 15 is 0 Å². The molecular formula is C18H18N2O3S. The van der Waals surface area contributed by atoms with Crippen molar-refractivity contribution in [2.75, 3.05) is 0 Å². The van der Waals surface area contributed by atoms with Crippen LogP contribution in [0.4, 0.5) is 0 Å². The minimum Gasteiger partial charge on any atom is -0.440 e. The zero-order valence-electron chi connectivity index (χ0n) is 13.3. The number of aromatic nitrogens is 1. The summed E-state index contributed by atoms with van der Waals surface area (Å²) in [7, 11) is -3.87. The zero-order chi connectivity index (χ0) is 17.2. The highest BCUT2D eigenvalue weighted by molar-refractivity contribution is 7.89. The quantitative estimate of drug-likeness (QED) is 0.767. The number of sulfonamides is 1. The van der Waals surface area contributed by atoms with Gasteiger partial charge in [0.15, 0.2) is 11.7 Å². The Morgan fingerprint density at radius 1 is 1.04 bits per heavy atom. The molecule has 3 aromatic rings. The molecule has 0 atom stereocenters. The summed E-state index contributed by atoms with van der Waals surface area (Å²) < 4.78 is 29.8. The van der Waals surface area contributed by atoms with Crippen molar-refractivity contribution in [1.82, 2.24) is 4.98 Å². The Kier molecular flexibility index (Phi) is 4.51. The van der Waals surface area contributed by atoms with Crippen molar-refractivity contribution >= 4 is 10.0 Å². The maximum Gasteiger partial charge on any atom is 0.238 e. The predicted octanol–water partition coefficient (Wildman–Crippen LogP) is 3.61. The summed E-state index contributed by atoms with van der Waals surface area (Å²) in [6.45, 7) is 2.03. The van der Waals surface area contributed by atoms with Gasteiger partial charge in [0.05, 0.1) is 4.90 Å². The summed E-state index contributed by atoms with van der Waals surface area (Å²) in [5, 5.41) is 5.36. The van der Waals surface area contributed by atoms with E-state index < -0.39 is 10.0 Å². The number of hydrogen-bond acceptors (Lipinski definition) is 4. The molecule has 2 aromatic carbocycles. The largest absolute Gasteiger partial charge is 0.440 e. The van der Waals surface area contributed by atoms with Crippen LogP contribution in [0.2, 0.25) is 0 Å². The predicted molar refractivity (Wildman–Crippen MR) is 92.7 cm³/mol. The average Bonchev–Trinajstić information content (AvgIpc) is 2.99. The van der Waals surface area contributed by atoms with Gasteiger partial charge in [-0.25, -0.2) is 18.5 Å². The summed E-state index contributed by atoms with van der Waals surface area (Å²) in [6, 6.07) is 16.1. The van der Waals surface area contributed by atoms with Crippen molar-refractivity contribution in [3.05, 3.63) is 60.5 Å². The summed E-state index contributed by atoms with van der Waals surface area (Å²) in [5.41, 5.74) is 1.78. The van der Waals surface area contributed by atoms with Crippen LogP contribution in [-0.4, -0.2) is 13.4 Å². The van der Waals surface area contributed by atoms with E-state index in [-0.39, 0.29) is 4.90 Å². The van der Waals surface area contributed by atoms with Crippen LogP contribution in [0.3, 0.4) is 0 Å². The van der Waals surface area contributed by atoms with Crippen molar-refractivity contribution in [3.63, 3.8) is 0 Å². The van der Waals surface area contributed by atoms with Crippen molar-refractivity contribution in [1.29, 1.82) is 0 Å². The van der Waals surface area contributed by atoms with E-state index in [4.69, 9.17) is 9.56 Å². The smallest absolute Gasteiger partial charge is 0.238 e. The van der Waals surface area contributed by atoms with E-state index in [0.717, 1.165) is 12.0 Å². The van der Waals surface area contributed by atoms with E-state index in [2.05, 4.69) is 4.98 Å². The first-order valence-electron chi connectivity index (χ1n) is 7.68. The highest BCUT2D eigenvalue weighted by Gasteiger charge is 2.22. The normalized spacial score (nSPS) is 11.6. The number of nitrogens with zero attached hydrogens (tertiary/aromatic N) is 1. The van der Waals surface area contributed by atoms with Gasteiger partial charge in [-0.05, 0) is 12.5 Å². The van der Waals surface area contributed by atoms with Gasteiger partial charge in [0.25, 0.3) is 0 Å². The van der Waals surface area contributed by atoms with Gasteiger partial charge in [-0.1, -0.05) is 55.5 Å². The number of benzene rings is 2. The van der Waals surface area contributed by atoms with Gasteiger partial charge in [0.1, 0.15) is 5.69 Å². The first-order valence-corrected chi connectivity index (χ1v) is 9.22. The molecule has 0 unspecified atom stereocenters. The molecular weight excluding hydrogens is 324 g/mol. The molecule has 0 aliphatic rings. The molecule has 0 amide bonds. The number of nitrogens with two attached hydrogens (primary N) is 1. The van der Waals surface area contributed by atoms with Crippen LogP contribution in [0.25, 0.3) is 22.6 Å². The van der Waals surface area contributed by atoms with Gasteiger partial charge >= 0.3 is 0 Å². The number of rotatable bonds is 5. The minimum absolute atomic E-state index is 0.0403. The third-order valence-electron chi connectivity index (χ3n) is 3.62. The van der Waals surface area contributed by atoms with Crippen molar-refractivity contribution in [3.8, 4) is 22.6 Å². The summed E-state index contributed by atoms with van der Waals surface area (Å²) in [5.74, 6) is 1.13. The molecule has 0 bridgehead atoms. The summed E-state index contributed by atoms with van der Waals surface area (Å²) >= 11 is 0. The molecule has 0 saturated heterocycles. The van der Waals surface area contributed by atoms with Gasteiger partial charge in [0.2, 0.25) is 10.0 Å². The molecule has 5 nitrogen and oxygen atoms in total. The zero-order valence-corrected chi connectivity index (χ0v) is 14.1. The maximum absolute atomic E-state index is 11.9. The third-order valence-corrected chi connectivity index (χ3v) is 4.59. The summed E-state index contributed by atoms with van der Waals surface area (Å²) in [4.78, 5) is 4.57. The van der Waals surface area contributed by atoms with E-state index in [9.17, 15) is 8.42 Å². The lowest BCUT2D eigenvalue weighted by Gasteiger charge is -2.06. The lowest BCUT2D eigenvalue weighted by Crippen LogP contribution is -2.13. The molecule has 24 heavy (non-hydrogen) atoms. The fraction of sp³-hybridized carbons (Fsp3) is 0.167. The Hall–Kier alpha value is -2.44. The second-order valence-electron chi connectivity index (χ2n) is 5.44. The molecule has 3 rings (SSSR count). The molecule has 124 valence electrons. The first kappa shape index (κ1) is 16.4. The van der Waals surface area contributed by atoms with Crippen molar-refractivity contribution in [2.24, 2.45) is 5.14 Å². The van der Waals surface area contributed by atoms with Gasteiger partial charge in [-0.15, -0.1) is 0 Å². The van der Waals surface area contributed by atoms with Crippen LogP contribution >= 0.6 is 0 Å². The van der Waals surface area contributed by atoms with Gasteiger partial charge in [-0.3, -0.25) is 0 Å². The Balaban J connectivity index is 2.25. The van der Waals surface area contributed by atoms with E-state index in [0.29, 0.717) is 29.3 Å². The standard InChI is InChI=1S/C18H18N2O3S/c1-2-8-16-20-17(18(23-16)13-9-4-3-5-10-13)14-11-6-7-12-15(14)24(19,21)22/h3-7,9-12H,2,8H2,1H3,(H2,19,21,22). The molecule has 1 aromatic heterocycles. The number of primary sulfonamides is 1. The van der Waals surface area contributed by atoms with Crippen molar-refractivity contribution < 1.29 is 12.8 Å². The molecule has 1 heterocycles. The van der Waals surface area contributed by atoms with Crippen LogP contribution in [0, 0.1) is 0 Å². The first-order chi connectivity index (χ1) is 11.5. The second kappa shape index (κ2) is 6.59. The average molecular weight is 342 g/mol. The Morgan fingerprint density at radius 3 is 2.38 bits per heavy atom. The molecule has 0 spiro atoms. The number of hydrogen-bond donors (Lipinski definition) is 1. The Labute approximate surface area is 141 Å². The third kappa shape index (κ3) is 3.25. The van der Waals surface area contributed by atoms with E-state index in [1.807, 2.05) is 37.3 Å². The van der Waals surface area contributed by atoms with E-state index in [1.54, 1.807) is 18.2 Å². The fourth-order valence-corrected chi connectivity index (χ4v) is 3.30. The van der Waals surface area contributed by atoms with Crippen LogP contribution in [0.1, 0.15) is 19.2 Å². The highest BCUT2D eigenvalue weighted by Crippen LogP contribution is 2.35. The lowest BCUT2D eigenvalue weighted by atomic mass is 10.1. The minimum atomic E-state index is -3.87. The van der Waals surface area contributed by atoms with Crippen LogP contribution in [0.5, 0.6) is 0 Å². The van der Waals surface area contributed by atoms with Gasteiger partial charge in [0, 0.05) is 17.5 Å². The molecule has 0 aliphatic heterocycles. The van der Waals surface area contributed by atoms with E-state index in [1.165, 1.54) is 6.07 Å². The van der Waals surface area contributed by atoms with Crippen molar-refractivity contribution in [2.45, 2.75) is 24.7 Å². The number of aryl methyl sites for hydroxylation is 1.